The van der Waals surface area contributed by atoms with Gasteiger partial charge in [-0.3, -0.25) is 0 Å². The summed E-state index contributed by atoms with van der Waals surface area (Å²) in [6.07, 6.45) is 14.8. The fourth-order valence-electron chi connectivity index (χ4n) is 4.89. The number of alkyl halides is 1. The molecule has 0 N–H and O–H groups in total. The van der Waals surface area contributed by atoms with Crippen molar-refractivity contribution in [1.29, 1.82) is 0 Å². The van der Waals surface area contributed by atoms with E-state index in [1.807, 2.05) is 0 Å². The molecule has 2 aliphatic rings. The SMILES string of the molecule is CC1CCC(COCCCN(CCCI)CCCOCC2CCC(C)CC2)CC1. The molecule has 172 valence electrons. The van der Waals surface area contributed by atoms with Gasteiger partial charge in [-0.15, -0.1) is 0 Å². The smallest absolute Gasteiger partial charge is 0.0494 e. The maximum atomic E-state index is 6.03. The molecule has 0 aliphatic heterocycles. The Labute approximate surface area is 195 Å². The highest BCUT2D eigenvalue weighted by Crippen LogP contribution is 2.29. The van der Waals surface area contributed by atoms with Crippen molar-refractivity contribution in [1.82, 2.24) is 4.90 Å². The lowest BCUT2D eigenvalue weighted by Crippen LogP contribution is -2.29. The van der Waals surface area contributed by atoms with E-state index < -0.39 is 0 Å². The van der Waals surface area contributed by atoms with Gasteiger partial charge >= 0.3 is 0 Å². The van der Waals surface area contributed by atoms with Crippen molar-refractivity contribution >= 4 is 22.6 Å². The summed E-state index contributed by atoms with van der Waals surface area (Å²) in [4.78, 5) is 2.63. The van der Waals surface area contributed by atoms with E-state index in [0.29, 0.717) is 0 Å². The summed E-state index contributed by atoms with van der Waals surface area (Å²) in [6.45, 7) is 12.2. The molecule has 2 rings (SSSR count). The summed E-state index contributed by atoms with van der Waals surface area (Å²) in [5, 5.41) is 0. The monoisotopic (exact) mass is 521 g/mol. The molecule has 0 aromatic heterocycles. The lowest BCUT2D eigenvalue weighted by Gasteiger charge is -2.26. The summed E-state index contributed by atoms with van der Waals surface area (Å²) in [6, 6.07) is 0. The normalized spacial score (nSPS) is 28.1. The molecule has 0 aromatic carbocycles. The summed E-state index contributed by atoms with van der Waals surface area (Å²) < 4.78 is 13.3. The van der Waals surface area contributed by atoms with Crippen molar-refractivity contribution in [2.45, 2.75) is 84.5 Å². The summed E-state index contributed by atoms with van der Waals surface area (Å²) in [7, 11) is 0. The van der Waals surface area contributed by atoms with Crippen LogP contribution in [0.5, 0.6) is 0 Å². The molecule has 0 aromatic rings. The van der Waals surface area contributed by atoms with Crippen LogP contribution in [0.4, 0.5) is 0 Å². The van der Waals surface area contributed by atoms with Gasteiger partial charge in [-0.25, -0.2) is 0 Å². The molecule has 0 atom stereocenters. The molecule has 2 aliphatic carbocycles. The van der Waals surface area contributed by atoms with Gasteiger partial charge in [0.25, 0.3) is 0 Å². The second-order valence-corrected chi connectivity index (χ2v) is 11.1. The third-order valence-electron chi connectivity index (χ3n) is 7.11. The Morgan fingerprint density at radius 3 is 1.48 bits per heavy atom. The average molecular weight is 522 g/mol. The van der Waals surface area contributed by atoms with Gasteiger partial charge < -0.3 is 14.4 Å². The largest absolute Gasteiger partial charge is 0.381 e. The second kappa shape index (κ2) is 16.3. The van der Waals surface area contributed by atoms with E-state index >= 15 is 0 Å². The van der Waals surface area contributed by atoms with E-state index in [9.17, 15) is 0 Å². The predicted octanol–water partition coefficient (Wildman–Crippen LogP) is 6.58. The highest BCUT2D eigenvalue weighted by molar-refractivity contribution is 14.1. The van der Waals surface area contributed by atoms with Crippen LogP contribution in [0, 0.1) is 23.7 Å². The maximum Gasteiger partial charge on any atom is 0.0494 e. The summed E-state index contributed by atoms with van der Waals surface area (Å²) in [5.41, 5.74) is 0. The molecule has 0 bridgehead atoms. The van der Waals surface area contributed by atoms with Gasteiger partial charge in [0.15, 0.2) is 0 Å². The average Bonchev–Trinajstić information content (AvgIpc) is 2.73. The Morgan fingerprint density at radius 1 is 0.655 bits per heavy atom. The molecule has 4 heteroatoms. The Bertz CT molecular complexity index is 347. The molecule has 0 spiro atoms. The molecule has 3 nitrogen and oxygen atoms in total. The number of halogens is 1. The van der Waals surface area contributed by atoms with E-state index in [4.69, 9.17) is 9.47 Å². The standard InChI is InChI=1S/C25H48INO2/c1-22-6-10-24(11-7-22)20-28-18-4-16-27(15-3-14-26)17-5-19-29-21-25-12-8-23(2)9-13-25/h22-25H,3-21H2,1-2H3. The number of rotatable bonds is 15. The first-order valence-corrected chi connectivity index (χ1v) is 14.1. The predicted molar refractivity (Wildman–Crippen MR) is 133 cm³/mol. The van der Waals surface area contributed by atoms with Gasteiger partial charge in [0.2, 0.25) is 0 Å². The zero-order chi connectivity index (χ0) is 20.7. The van der Waals surface area contributed by atoms with Crippen LogP contribution < -0.4 is 0 Å². The van der Waals surface area contributed by atoms with Gasteiger partial charge in [0.05, 0.1) is 0 Å². The van der Waals surface area contributed by atoms with E-state index in [1.54, 1.807) is 0 Å². The van der Waals surface area contributed by atoms with Gasteiger partial charge in [-0.2, -0.15) is 0 Å². The van der Waals surface area contributed by atoms with Crippen molar-refractivity contribution in [2.24, 2.45) is 23.7 Å². The topological polar surface area (TPSA) is 21.7 Å². The number of nitrogens with zero attached hydrogens (tertiary/aromatic N) is 1. The fourth-order valence-corrected chi connectivity index (χ4v) is 5.23. The van der Waals surface area contributed by atoms with Crippen LogP contribution in [-0.4, -0.2) is 55.4 Å². The second-order valence-electron chi connectivity index (χ2n) is 9.99. The molecule has 0 amide bonds. The first kappa shape index (κ1) is 25.9. The van der Waals surface area contributed by atoms with Crippen molar-refractivity contribution in [3.8, 4) is 0 Å². The van der Waals surface area contributed by atoms with E-state index in [1.165, 1.54) is 94.7 Å². The van der Waals surface area contributed by atoms with Crippen molar-refractivity contribution < 1.29 is 9.47 Å². The first-order valence-electron chi connectivity index (χ1n) is 12.6. The lowest BCUT2D eigenvalue weighted by molar-refractivity contribution is 0.0647. The Morgan fingerprint density at radius 2 is 1.07 bits per heavy atom. The zero-order valence-electron chi connectivity index (χ0n) is 19.4. The van der Waals surface area contributed by atoms with Crippen LogP contribution in [0.2, 0.25) is 0 Å². The Kier molecular flexibility index (Phi) is 14.5. The number of hydrogen-bond donors (Lipinski definition) is 0. The van der Waals surface area contributed by atoms with Crippen LogP contribution in [0.25, 0.3) is 0 Å². The highest BCUT2D eigenvalue weighted by Gasteiger charge is 2.19. The Hall–Kier alpha value is 0.610. The maximum absolute atomic E-state index is 6.03. The van der Waals surface area contributed by atoms with Gasteiger partial charge in [0, 0.05) is 43.9 Å². The van der Waals surface area contributed by atoms with E-state index in [-0.39, 0.29) is 0 Å². The minimum absolute atomic E-state index is 0.825. The van der Waals surface area contributed by atoms with Crippen LogP contribution in [0.3, 0.4) is 0 Å². The summed E-state index contributed by atoms with van der Waals surface area (Å²) >= 11 is 2.50. The molecule has 0 heterocycles. The van der Waals surface area contributed by atoms with Crippen LogP contribution >= 0.6 is 22.6 Å². The van der Waals surface area contributed by atoms with Crippen LogP contribution in [0.15, 0.2) is 0 Å². The van der Waals surface area contributed by atoms with Gasteiger partial charge in [-0.05, 0) is 75.2 Å². The first-order chi connectivity index (χ1) is 14.2. The number of ether oxygens (including phenoxy) is 2. The van der Waals surface area contributed by atoms with Gasteiger partial charge in [-0.1, -0.05) is 62.1 Å². The van der Waals surface area contributed by atoms with Crippen molar-refractivity contribution in [3.05, 3.63) is 0 Å². The minimum Gasteiger partial charge on any atom is -0.381 e. The molecule has 0 unspecified atom stereocenters. The van der Waals surface area contributed by atoms with Crippen LogP contribution in [-0.2, 0) is 9.47 Å². The molecular weight excluding hydrogens is 473 g/mol. The minimum atomic E-state index is 0.825. The number of hydrogen-bond acceptors (Lipinski definition) is 3. The third kappa shape index (κ3) is 12.3. The Balaban J connectivity index is 1.47. The van der Waals surface area contributed by atoms with Crippen molar-refractivity contribution in [2.75, 3.05) is 50.5 Å². The molecule has 29 heavy (non-hydrogen) atoms. The molecule has 0 radical (unpaired) electrons. The van der Waals surface area contributed by atoms with E-state index in [0.717, 1.165) is 50.1 Å². The quantitative estimate of drug-likeness (QED) is 0.138. The van der Waals surface area contributed by atoms with Crippen molar-refractivity contribution in [3.63, 3.8) is 0 Å². The van der Waals surface area contributed by atoms with Crippen LogP contribution in [0.1, 0.15) is 84.5 Å². The van der Waals surface area contributed by atoms with Gasteiger partial charge in [0.1, 0.15) is 0 Å². The third-order valence-corrected chi connectivity index (χ3v) is 7.87. The lowest BCUT2D eigenvalue weighted by atomic mass is 9.83. The zero-order valence-corrected chi connectivity index (χ0v) is 21.5. The molecule has 2 saturated carbocycles. The summed E-state index contributed by atoms with van der Waals surface area (Å²) in [5.74, 6) is 3.53. The fraction of sp³-hybridized carbons (Fsp3) is 1.00. The molecular formula is C25H48INO2. The molecule has 2 fully saturated rings. The molecule has 0 saturated heterocycles. The highest BCUT2D eigenvalue weighted by atomic mass is 127. The van der Waals surface area contributed by atoms with E-state index in [2.05, 4.69) is 41.3 Å².